The van der Waals surface area contributed by atoms with Crippen LogP contribution in [0.15, 0.2) is 10.5 Å². The Morgan fingerprint density at radius 1 is 1.40 bits per heavy atom. The average molecular weight is 278 g/mol. The Balaban J connectivity index is 3.35. The second kappa shape index (κ2) is 5.32. The van der Waals surface area contributed by atoms with Crippen LogP contribution in [0, 0.1) is 5.82 Å². The van der Waals surface area contributed by atoms with Gasteiger partial charge in [-0.15, -0.1) is 0 Å². The van der Waals surface area contributed by atoms with Crippen molar-refractivity contribution in [3.8, 4) is 11.5 Å². The maximum atomic E-state index is 13.7. The number of methoxy groups -OCH3 is 2. The molecule has 1 aromatic rings. The molecule has 0 radical (unpaired) electrons. The first kappa shape index (κ1) is 12.3. The van der Waals surface area contributed by atoms with Crippen molar-refractivity contribution < 1.29 is 13.9 Å². The Labute approximate surface area is 96.5 Å². The number of nitrogens with two attached hydrogens (primary N) is 1. The fourth-order valence-corrected chi connectivity index (χ4v) is 1.83. The monoisotopic (exact) mass is 277 g/mol. The third kappa shape index (κ3) is 2.41. The normalized spacial score (nSPS) is 10.2. The quantitative estimate of drug-likeness (QED) is 0.917. The summed E-state index contributed by atoms with van der Waals surface area (Å²) in [7, 11) is 2.99. The number of hydrogen-bond acceptors (Lipinski definition) is 3. The molecule has 2 N–H and O–H groups in total. The van der Waals surface area contributed by atoms with E-state index in [1.165, 1.54) is 20.3 Å². The fraction of sp³-hybridized carbons (Fsp3) is 0.400. The third-order valence-corrected chi connectivity index (χ3v) is 2.63. The van der Waals surface area contributed by atoms with E-state index < -0.39 is 0 Å². The summed E-state index contributed by atoms with van der Waals surface area (Å²) >= 11 is 3.12. The summed E-state index contributed by atoms with van der Waals surface area (Å²) in [4.78, 5) is 0. The van der Waals surface area contributed by atoms with Gasteiger partial charge in [-0.05, 0) is 28.9 Å². The highest BCUT2D eigenvalue weighted by molar-refractivity contribution is 9.10. The second-order valence-electron chi connectivity index (χ2n) is 2.93. The summed E-state index contributed by atoms with van der Waals surface area (Å²) in [5.74, 6) is 0.552. The first-order valence-corrected chi connectivity index (χ1v) is 5.23. The summed E-state index contributed by atoms with van der Waals surface area (Å²) in [6.45, 7) is 0.354. The first-order valence-electron chi connectivity index (χ1n) is 4.44. The van der Waals surface area contributed by atoms with Gasteiger partial charge in [-0.3, -0.25) is 0 Å². The van der Waals surface area contributed by atoms with Crippen molar-refractivity contribution in [2.24, 2.45) is 5.73 Å². The van der Waals surface area contributed by atoms with Gasteiger partial charge < -0.3 is 15.2 Å². The lowest BCUT2D eigenvalue weighted by Crippen LogP contribution is -2.07. The van der Waals surface area contributed by atoms with Crippen LogP contribution in [0.5, 0.6) is 11.5 Å². The molecule has 0 aliphatic heterocycles. The molecule has 3 nitrogen and oxygen atoms in total. The molecule has 0 saturated heterocycles. The van der Waals surface area contributed by atoms with Crippen LogP contribution < -0.4 is 15.2 Å². The fourth-order valence-electron chi connectivity index (χ4n) is 1.38. The van der Waals surface area contributed by atoms with Gasteiger partial charge in [0, 0.05) is 11.6 Å². The maximum absolute atomic E-state index is 13.7. The van der Waals surface area contributed by atoms with Crippen LogP contribution in [0.1, 0.15) is 5.56 Å². The van der Waals surface area contributed by atoms with E-state index in [1.807, 2.05) is 0 Å². The van der Waals surface area contributed by atoms with Gasteiger partial charge in [-0.2, -0.15) is 0 Å². The van der Waals surface area contributed by atoms with Crippen LogP contribution in [0.4, 0.5) is 4.39 Å². The molecule has 0 atom stereocenters. The van der Waals surface area contributed by atoms with Gasteiger partial charge in [0.1, 0.15) is 5.82 Å². The summed E-state index contributed by atoms with van der Waals surface area (Å²) in [6.07, 6.45) is 0.408. The zero-order valence-corrected chi connectivity index (χ0v) is 10.2. The number of benzene rings is 1. The molecule has 5 heteroatoms. The number of ether oxygens (including phenoxy) is 2. The predicted octanol–water partition coefficient (Wildman–Crippen LogP) is 2.11. The zero-order valence-electron chi connectivity index (χ0n) is 8.64. The molecular formula is C10H13BrFNO2. The van der Waals surface area contributed by atoms with E-state index in [0.717, 1.165) is 0 Å². The van der Waals surface area contributed by atoms with E-state index in [9.17, 15) is 4.39 Å². The van der Waals surface area contributed by atoms with Crippen molar-refractivity contribution in [1.29, 1.82) is 0 Å². The third-order valence-electron chi connectivity index (χ3n) is 2.05. The molecule has 1 aromatic carbocycles. The van der Waals surface area contributed by atoms with Gasteiger partial charge >= 0.3 is 0 Å². The van der Waals surface area contributed by atoms with Gasteiger partial charge in [0.2, 0.25) is 0 Å². The van der Waals surface area contributed by atoms with Crippen LogP contribution in [-0.4, -0.2) is 20.8 Å². The molecule has 0 saturated carbocycles. The van der Waals surface area contributed by atoms with Gasteiger partial charge in [0.05, 0.1) is 18.7 Å². The minimum absolute atomic E-state index is 0.349. The summed E-state index contributed by atoms with van der Waals surface area (Å²) in [5, 5.41) is 0. The van der Waals surface area contributed by atoms with Crippen LogP contribution in [0.2, 0.25) is 0 Å². The maximum Gasteiger partial charge on any atom is 0.166 e. The first-order chi connectivity index (χ1) is 7.15. The molecule has 0 unspecified atom stereocenters. The molecular weight excluding hydrogens is 265 g/mol. The Kier molecular flexibility index (Phi) is 4.35. The van der Waals surface area contributed by atoms with Crippen LogP contribution in [-0.2, 0) is 6.42 Å². The highest BCUT2D eigenvalue weighted by Gasteiger charge is 2.17. The topological polar surface area (TPSA) is 44.5 Å². The number of hydrogen-bond donors (Lipinski definition) is 1. The molecule has 0 amide bonds. The van der Waals surface area contributed by atoms with E-state index in [4.69, 9.17) is 15.2 Å². The van der Waals surface area contributed by atoms with Crippen molar-refractivity contribution in [2.75, 3.05) is 20.8 Å². The van der Waals surface area contributed by atoms with Gasteiger partial charge in [0.15, 0.2) is 11.5 Å². The Morgan fingerprint density at radius 3 is 2.53 bits per heavy atom. The Bertz CT molecular complexity index is 358. The van der Waals surface area contributed by atoms with Gasteiger partial charge in [-0.25, -0.2) is 4.39 Å². The van der Waals surface area contributed by atoms with Crippen molar-refractivity contribution in [2.45, 2.75) is 6.42 Å². The average Bonchev–Trinajstić information content (AvgIpc) is 2.24. The van der Waals surface area contributed by atoms with E-state index in [1.54, 1.807) is 0 Å². The van der Waals surface area contributed by atoms with E-state index in [-0.39, 0.29) is 5.82 Å². The summed E-state index contributed by atoms with van der Waals surface area (Å²) in [6, 6.07) is 1.54. The van der Waals surface area contributed by atoms with Gasteiger partial charge in [0.25, 0.3) is 0 Å². The molecule has 15 heavy (non-hydrogen) atoms. The lowest BCUT2D eigenvalue weighted by Gasteiger charge is -2.14. The van der Waals surface area contributed by atoms with E-state index in [0.29, 0.717) is 34.5 Å². The molecule has 0 aliphatic rings. The minimum Gasteiger partial charge on any atom is -0.493 e. The van der Waals surface area contributed by atoms with Crippen LogP contribution in [0.3, 0.4) is 0 Å². The van der Waals surface area contributed by atoms with Gasteiger partial charge in [-0.1, -0.05) is 0 Å². The highest BCUT2D eigenvalue weighted by atomic mass is 79.9. The largest absolute Gasteiger partial charge is 0.493 e. The van der Waals surface area contributed by atoms with E-state index in [2.05, 4.69) is 15.9 Å². The molecule has 84 valence electrons. The zero-order chi connectivity index (χ0) is 11.4. The minimum atomic E-state index is -0.349. The Hall–Kier alpha value is -0.810. The van der Waals surface area contributed by atoms with E-state index >= 15 is 0 Å². The molecule has 0 bridgehead atoms. The number of halogens is 2. The Morgan fingerprint density at radius 2 is 2.07 bits per heavy atom. The molecule has 1 rings (SSSR count). The lowest BCUT2D eigenvalue weighted by atomic mass is 10.1. The molecule has 0 spiro atoms. The lowest BCUT2D eigenvalue weighted by molar-refractivity contribution is 0.347. The standard InChI is InChI=1S/C10H13BrFNO2/c1-14-8-5-7(11)9(12)6(3-4-13)10(8)15-2/h5H,3-4,13H2,1-2H3. The molecule has 0 aromatic heterocycles. The number of rotatable bonds is 4. The van der Waals surface area contributed by atoms with Crippen LogP contribution >= 0.6 is 15.9 Å². The van der Waals surface area contributed by atoms with Crippen molar-refractivity contribution in [1.82, 2.24) is 0 Å². The highest BCUT2D eigenvalue weighted by Crippen LogP contribution is 2.37. The summed E-state index contributed by atoms with van der Waals surface area (Å²) in [5.41, 5.74) is 5.85. The van der Waals surface area contributed by atoms with Crippen molar-refractivity contribution >= 4 is 15.9 Å². The molecule has 0 heterocycles. The SMILES string of the molecule is COc1cc(Br)c(F)c(CCN)c1OC. The summed E-state index contributed by atoms with van der Waals surface area (Å²) < 4.78 is 24.3. The predicted molar refractivity (Wildman–Crippen MR) is 60.0 cm³/mol. The second-order valence-corrected chi connectivity index (χ2v) is 3.78. The smallest absolute Gasteiger partial charge is 0.166 e. The molecule has 0 aliphatic carbocycles. The molecule has 0 fully saturated rings. The van der Waals surface area contributed by atoms with Crippen molar-refractivity contribution in [3.63, 3.8) is 0 Å². The van der Waals surface area contributed by atoms with Crippen LogP contribution in [0.25, 0.3) is 0 Å². The van der Waals surface area contributed by atoms with Crippen molar-refractivity contribution in [3.05, 3.63) is 21.9 Å².